The molecule has 4 nitrogen and oxygen atoms in total. The highest BCUT2D eigenvalue weighted by atomic mass is 16.5. The van der Waals surface area contributed by atoms with Crippen LogP contribution in [0.5, 0.6) is 0 Å². The van der Waals surface area contributed by atoms with Crippen molar-refractivity contribution in [3.63, 3.8) is 0 Å². The summed E-state index contributed by atoms with van der Waals surface area (Å²) in [5.74, 6) is 0.0208. The zero-order valence-electron chi connectivity index (χ0n) is 14.2. The van der Waals surface area contributed by atoms with E-state index in [0.717, 1.165) is 29.9 Å². The molecule has 0 aromatic heterocycles. The Morgan fingerprint density at radius 3 is 2.62 bits per heavy atom. The SMILES string of the molecule is C[C@@H]1CN([C@@H](C)C(=O)Nc2ccccc2-c2ccccc2)CCO1. The number of amides is 1. The van der Waals surface area contributed by atoms with Crippen molar-refractivity contribution in [3.8, 4) is 11.1 Å². The van der Waals surface area contributed by atoms with Crippen LogP contribution in [0.25, 0.3) is 11.1 Å². The van der Waals surface area contributed by atoms with Crippen LogP contribution in [0.3, 0.4) is 0 Å². The van der Waals surface area contributed by atoms with Crippen molar-refractivity contribution in [3.05, 3.63) is 54.6 Å². The second-order valence-electron chi connectivity index (χ2n) is 6.25. The molecule has 2 atom stereocenters. The average Bonchev–Trinajstić information content (AvgIpc) is 2.62. The lowest BCUT2D eigenvalue weighted by atomic mass is 10.0. The summed E-state index contributed by atoms with van der Waals surface area (Å²) in [5.41, 5.74) is 2.98. The van der Waals surface area contributed by atoms with Crippen LogP contribution in [-0.2, 0) is 9.53 Å². The molecule has 1 amide bonds. The molecule has 0 bridgehead atoms. The van der Waals surface area contributed by atoms with E-state index < -0.39 is 0 Å². The van der Waals surface area contributed by atoms with Gasteiger partial charge in [0.2, 0.25) is 5.91 Å². The van der Waals surface area contributed by atoms with Gasteiger partial charge in [0.05, 0.1) is 18.8 Å². The predicted molar refractivity (Wildman–Crippen MR) is 97.0 cm³/mol. The summed E-state index contributed by atoms with van der Waals surface area (Å²) in [4.78, 5) is 14.9. The van der Waals surface area contributed by atoms with Crippen molar-refractivity contribution < 1.29 is 9.53 Å². The van der Waals surface area contributed by atoms with Crippen LogP contribution in [-0.4, -0.2) is 42.6 Å². The summed E-state index contributed by atoms with van der Waals surface area (Å²) >= 11 is 0. The van der Waals surface area contributed by atoms with E-state index in [0.29, 0.717) is 6.61 Å². The van der Waals surface area contributed by atoms with E-state index in [4.69, 9.17) is 4.74 Å². The van der Waals surface area contributed by atoms with Crippen LogP contribution in [0.4, 0.5) is 5.69 Å². The first-order chi connectivity index (χ1) is 11.6. The zero-order valence-corrected chi connectivity index (χ0v) is 14.2. The first-order valence-electron chi connectivity index (χ1n) is 8.46. The number of nitrogens with one attached hydrogen (secondary N) is 1. The van der Waals surface area contributed by atoms with Crippen LogP contribution >= 0.6 is 0 Å². The molecule has 126 valence electrons. The van der Waals surface area contributed by atoms with E-state index in [1.54, 1.807) is 0 Å². The molecule has 4 heteroatoms. The maximum Gasteiger partial charge on any atom is 0.241 e. The Labute approximate surface area is 143 Å². The first kappa shape index (κ1) is 16.7. The molecular formula is C20H24N2O2. The zero-order chi connectivity index (χ0) is 16.9. The standard InChI is InChI=1S/C20H24N2O2/c1-15-14-22(12-13-24-15)16(2)20(23)21-19-11-7-6-10-18(19)17-8-4-3-5-9-17/h3-11,15-16H,12-14H2,1-2H3,(H,21,23)/t15-,16+/m1/s1. The average molecular weight is 324 g/mol. The number of carbonyl (C=O) groups excluding carboxylic acids is 1. The van der Waals surface area contributed by atoms with Gasteiger partial charge in [-0.25, -0.2) is 0 Å². The number of hydrogen-bond acceptors (Lipinski definition) is 3. The fourth-order valence-corrected chi connectivity index (χ4v) is 3.06. The van der Waals surface area contributed by atoms with Gasteiger partial charge in [-0.3, -0.25) is 9.69 Å². The van der Waals surface area contributed by atoms with Gasteiger partial charge in [-0.05, 0) is 25.5 Å². The van der Waals surface area contributed by atoms with Crippen molar-refractivity contribution in [2.45, 2.75) is 26.0 Å². The van der Waals surface area contributed by atoms with Gasteiger partial charge in [-0.1, -0.05) is 48.5 Å². The summed E-state index contributed by atoms with van der Waals surface area (Å²) < 4.78 is 5.56. The number of para-hydroxylation sites is 1. The van der Waals surface area contributed by atoms with Gasteiger partial charge in [-0.15, -0.1) is 0 Å². The van der Waals surface area contributed by atoms with E-state index >= 15 is 0 Å². The molecular weight excluding hydrogens is 300 g/mol. The Morgan fingerprint density at radius 1 is 1.17 bits per heavy atom. The van der Waals surface area contributed by atoms with Gasteiger partial charge in [-0.2, -0.15) is 0 Å². The van der Waals surface area contributed by atoms with Crippen molar-refractivity contribution in [2.75, 3.05) is 25.0 Å². The number of morpholine rings is 1. The van der Waals surface area contributed by atoms with E-state index in [2.05, 4.69) is 22.3 Å². The molecule has 0 aliphatic carbocycles. The minimum absolute atomic E-state index is 0.0208. The van der Waals surface area contributed by atoms with Crippen LogP contribution < -0.4 is 5.32 Å². The molecule has 0 unspecified atom stereocenters. The second-order valence-corrected chi connectivity index (χ2v) is 6.25. The van der Waals surface area contributed by atoms with Crippen molar-refractivity contribution in [1.82, 2.24) is 4.90 Å². The minimum Gasteiger partial charge on any atom is -0.376 e. The lowest BCUT2D eigenvalue weighted by molar-refractivity contribution is -0.123. The monoisotopic (exact) mass is 324 g/mol. The van der Waals surface area contributed by atoms with Crippen LogP contribution in [0.2, 0.25) is 0 Å². The number of anilines is 1. The number of nitrogens with zero attached hydrogens (tertiary/aromatic N) is 1. The quantitative estimate of drug-likeness (QED) is 0.937. The van der Waals surface area contributed by atoms with Gasteiger partial charge in [0.15, 0.2) is 0 Å². The fraction of sp³-hybridized carbons (Fsp3) is 0.350. The molecule has 1 N–H and O–H groups in total. The molecule has 0 saturated carbocycles. The number of rotatable bonds is 4. The summed E-state index contributed by atoms with van der Waals surface area (Å²) in [6.45, 7) is 6.26. The van der Waals surface area contributed by atoms with E-state index in [9.17, 15) is 4.79 Å². The Hall–Kier alpha value is -2.17. The molecule has 1 heterocycles. The Balaban J connectivity index is 1.75. The number of carbonyl (C=O) groups is 1. The lowest BCUT2D eigenvalue weighted by Gasteiger charge is -2.34. The Morgan fingerprint density at radius 2 is 1.88 bits per heavy atom. The third-order valence-corrected chi connectivity index (χ3v) is 4.47. The van der Waals surface area contributed by atoms with Crippen LogP contribution in [0, 0.1) is 0 Å². The summed E-state index contributed by atoms with van der Waals surface area (Å²) in [6, 6.07) is 17.9. The molecule has 0 spiro atoms. The number of hydrogen-bond donors (Lipinski definition) is 1. The molecule has 1 fully saturated rings. The van der Waals surface area contributed by atoms with Gasteiger partial charge < -0.3 is 10.1 Å². The third kappa shape index (κ3) is 3.83. The highest BCUT2D eigenvalue weighted by Gasteiger charge is 2.26. The molecule has 1 saturated heterocycles. The minimum atomic E-state index is -0.180. The molecule has 2 aromatic rings. The fourth-order valence-electron chi connectivity index (χ4n) is 3.06. The van der Waals surface area contributed by atoms with E-state index in [1.807, 2.05) is 56.3 Å². The maximum atomic E-state index is 12.7. The number of benzene rings is 2. The van der Waals surface area contributed by atoms with E-state index in [1.165, 1.54) is 0 Å². The third-order valence-electron chi connectivity index (χ3n) is 4.47. The summed E-state index contributed by atoms with van der Waals surface area (Å²) in [7, 11) is 0. The highest BCUT2D eigenvalue weighted by molar-refractivity contribution is 5.98. The number of ether oxygens (including phenoxy) is 1. The van der Waals surface area contributed by atoms with Gasteiger partial charge in [0.25, 0.3) is 0 Å². The predicted octanol–water partition coefficient (Wildman–Crippen LogP) is 3.40. The van der Waals surface area contributed by atoms with Crippen LogP contribution in [0.15, 0.2) is 54.6 Å². The molecule has 1 aliphatic heterocycles. The van der Waals surface area contributed by atoms with Gasteiger partial charge >= 0.3 is 0 Å². The second kappa shape index (κ2) is 7.60. The van der Waals surface area contributed by atoms with Crippen molar-refractivity contribution in [1.29, 1.82) is 0 Å². The first-order valence-corrected chi connectivity index (χ1v) is 8.46. The van der Waals surface area contributed by atoms with Crippen LogP contribution in [0.1, 0.15) is 13.8 Å². The van der Waals surface area contributed by atoms with E-state index in [-0.39, 0.29) is 18.1 Å². The normalized spacial score (nSPS) is 19.7. The topological polar surface area (TPSA) is 41.6 Å². The molecule has 3 rings (SSSR count). The smallest absolute Gasteiger partial charge is 0.241 e. The highest BCUT2D eigenvalue weighted by Crippen LogP contribution is 2.27. The molecule has 24 heavy (non-hydrogen) atoms. The maximum absolute atomic E-state index is 12.7. The molecule has 2 aromatic carbocycles. The van der Waals surface area contributed by atoms with Gasteiger partial charge in [0.1, 0.15) is 0 Å². The van der Waals surface area contributed by atoms with Crippen molar-refractivity contribution >= 4 is 11.6 Å². The van der Waals surface area contributed by atoms with Gasteiger partial charge in [0, 0.05) is 24.3 Å². The summed E-state index contributed by atoms with van der Waals surface area (Å²) in [5, 5.41) is 3.10. The molecule has 1 aliphatic rings. The lowest BCUT2D eigenvalue weighted by Crippen LogP contribution is -2.50. The Kier molecular flexibility index (Phi) is 5.28. The largest absolute Gasteiger partial charge is 0.376 e. The molecule has 0 radical (unpaired) electrons. The summed E-state index contributed by atoms with van der Waals surface area (Å²) in [6.07, 6.45) is 0.172. The Bertz CT molecular complexity index is 687. The van der Waals surface area contributed by atoms with Crippen molar-refractivity contribution in [2.24, 2.45) is 0 Å².